The minimum Gasteiger partial charge on any atom is -0.724 e. The van der Waals surface area contributed by atoms with Crippen LogP contribution in [0.15, 0.2) is 34.9 Å². The van der Waals surface area contributed by atoms with E-state index in [9.17, 15) is 32.5 Å². The van der Waals surface area contributed by atoms with E-state index in [1.165, 1.54) is 19.2 Å². The Morgan fingerprint density at radius 3 is 2.68 bits per heavy atom. The molecule has 2 fully saturated rings. The minimum atomic E-state index is -5.26. The van der Waals surface area contributed by atoms with Crippen LogP contribution in [-0.2, 0) is 47.5 Å². The van der Waals surface area contributed by atoms with Gasteiger partial charge in [-0.15, -0.1) is 16.0 Å². The van der Waals surface area contributed by atoms with Crippen molar-refractivity contribution in [3.05, 3.63) is 35.5 Å². The summed E-state index contributed by atoms with van der Waals surface area (Å²) in [5.41, 5.74) is 4.62. The third kappa shape index (κ3) is 7.62. The first kappa shape index (κ1) is 34.0. The fourth-order valence-corrected chi connectivity index (χ4v) is 6.36. The zero-order chi connectivity index (χ0) is 34.1. The average Bonchev–Trinajstić information content (AvgIpc) is 3.57. The molecule has 0 radical (unpaired) electrons. The predicted molar refractivity (Wildman–Crippen MR) is 163 cm³/mol. The van der Waals surface area contributed by atoms with Gasteiger partial charge in [-0.2, -0.15) is 14.0 Å². The zero-order valence-corrected chi connectivity index (χ0v) is 27.2. The highest BCUT2D eigenvalue weighted by atomic mass is 32.3. The number of hydrogen-bond acceptors (Lipinski definition) is 14. The molecule has 254 valence electrons. The van der Waals surface area contributed by atoms with E-state index >= 15 is 0 Å². The summed E-state index contributed by atoms with van der Waals surface area (Å²) in [5, 5.41) is 21.9. The van der Waals surface area contributed by atoms with Gasteiger partial charge in [0, 0.05) is 11.3 Å². The number of thiazole rings is 1. The molecule has 2 aliphatic heterocycles. The van der Waals surface area contributed by atoms with Crippen molar-refractivity contribution >= 4 is 61.3 Å². The monoisotopic (exact) mass is 694 g/mol. The lowest BCUT2D eigenvalue weighted by molar-refractivity contribution is -0.776. The van der Waals surface area contributed by atoms with Crippen molar-refractivity contribution in [2.24, 2.45) is 18.1 Å². The summed E-state index contributed by atoms with van der Waals surface area (Å²) in [5.74, 6) is -2.53. The zero-order valence-electron chi connectivity index (χ0n) is 25.6. The summed E-state index contributed by atoms with van der Waals surface area (Å²) in [6, 6.07) is 4.02. The van der Waals surface area contributed by atoms with E-state index in [4.69, 9.17) is 15.3 Å². The summed E-state index contributed by atoms with van der Waals surface area (Å²) in [7, 11) is -3.29. The van der Waals surface area contributed by atoms with E-state index in [2.05, 4.69) is 34.4 Å². The van der Waals surface area contributed by atoms with Gasteiger partial charge in [0.25, 0.3) is 17.9 Å². The lowest BCUT2D eigenvalue weighted by Gasteiger charge is -2.51. The highest BCUT2D eigenvalue weighted by Crippen LogP contribution is 2.33. The molecule has 1 unspecified atom stereocenters. The summed E-state index contributed by atoms with van der Waals surface area (Å²) >= 11 is 0.963. The third-order valence-corrected chi connectivity index (χ3v) is 8.98. The Balaban J connectivity index is 1.28. The maximum Gasteiger partial charge on any atom is 0.351 e. The molecule has 2 aromatic heterocycles. The molecule has 2 saturated heterocycles. The van der Waals surface area contributed by atoms with Crippen LogP contribution in [0, 0.1) is 5.92 Å². The Kier molecular flexibility index (Phi) is 9.68. The highest BCUT2D eigenvalue weighted by molar-refractivity contribution is 7.80. The Bertz CT molecular complexity index is 1820. The lowest BCUT2D eigenvalue weighted by atomic mass is 9.84. The van der Waals surface area contributed by atoms with Crippen LogP contribution >= 0.6 is 11.3 Å². The first-order valence-electron chi connectivity index (χ1n) is 14.4. The number of aliphatic carboxylic acids is 1. The molecule has 2 atom stereocenters. The second-order valence-corrected chi connectivity index (χ2v) is 13.5. The Hall–Kier alpha value is -4.37. The second kappa shape index (κ2) is 13.4. The number of nitrogen functional groups attached to an aromatic ring is 1. The molecule has 0 aliphatic carbocycles. The van der Waals surface area contributed by atoms with Crippen LogP contribution in [-0.4, -0.2) is 93.7 Å². The largest absolute Gasteiger partial charge is 0.724 e. The number of carboxylic acids is 1. The number of anilines is 1. The highest BCUT2D eigenvalue weighted by Gasteiger charge is 2.57. The van der Waals surface area contributed by atoms with E-state index < -0.39 is 58.2 Å². The Morgan fingerprint density at radius 1 is 1.34 bits per heavy atom. The van der Waals surface area contributed by atoms with E-state index in [0.29, 0.717) is 16.7 Å². The van der Waals surface area contributed by atoms with E-state index in [1.807, 2.05) is 19.3 Å². The molecule has 5 N–H and O–H groups in total. The molecule has 5 rings (SSSR count). The number of hydrogen-bond donors (Lipinski definition) is 4. The molecular weight excluding hydrogens is 660 g/mol. The van der Waals surface area contributed by atoms with Gasteiger partial charge in [-0.1, -0.05) is 5.16 Å². The molecule has 47 heavy (non-hydrogen) atoms. The van der Waals surface area contributed by atoms with Gasteiger partial charge in [0.2, 0.25) is 16.6 Å². The summed E-state index contributed by atoms with van der Waals surface area (Å²) in [4.78, 5) is 47.0. The van der Waals surface area contributed by atoms with Crippen molar-refractivity contribution in [3.8, 4) is 5.75 Å². The third-order valence-electron chi connectivity index (χ3n) is 7.97. The fourth-order valence-electron chi connectivity index (χ4n) is 5.36. The summed E-state index contributed by atoms with van der Waals surface area (Å²) in [6.45, 7) is 5.08. The molecule has 20 heteroatoms. The van der Waals surface area contributed by atoms with Crippen molar-refractivity contribution in [2.75, 3.05) is 25.4 Å². The minimum absolute atomic E-state index is 0.0623. The number of carboxylic acid groups (broad SMARTS) is 1. The van der Waals surface area contributed by atoms with E-state index in [1.54, 1.807) is 12.1 Å². The number of aryl methyl sites for hydroxylation is 1. The molecule has 2 amide bonds. The summed E-state index contributed by atoms with van der Waals surface area (Å²) in [6.07, 6.45) is 2.54. The van der Waals surface area contributed by atoms with Gasteiger partial charge in [-0.25, -0.2) is 18.2 Å². The van der Waals surface area contributed by atoms with Crippen LogP contribution in [0.4, 0.5) is 5.13 Å². The molecule has 1 aromatic carbocycles. The molecular formula is C27H34N8O10S2. The van der Waals surface area contributed by atoms with Crippen molar-refractivity contribution in [2.45, 2.75) is 50.9 Å². The van der Waals surface area contributed by atoms with Crippen LogP contribution in [0.3, 0.4) is 0 Å². The van der Waals surface area contributed by atoms with Gasteiger partial charge in [0.05, 0.1) is 18.0 Å². The number of rotatable bonds is 13. The number of hydroxylamine groups is 2. The maximum atomic E-state index is 13.2. The number of piperidine rings is 1. The first-order chi connectivity index (χ1) is 22.1. The number of carbonyl (C=O) groups is 3. The number of fused-ring (bicyclic) bond motifs is 1. The van der Waals surface area contributed by atoms with Crippen LogP contribution in [0.1, 0.15) is 32.4 Å². The van der Waals surface area contributed by atoms with Gasteiger partial charge in [0.1, 0.15) is 29.6 Å². The van der Waals surface area contributed by atoms with Gasteiger partial charge in [-0.05, 0) is 58.0 Å². The number of aromatic nitrogens is 3. The van der Waals surface area contributed by atoms with Crippen molar-refractivity contribution in [3.63, 3.8) is 0 Å². The first-order valence-corrected chi connectivity index (χ1v) is 16.7. The van der Waals surface area contributed by atoms with Gasteiger partial charge in [0.15, 0.2) is 17.4 Å². The number of nitrogens with two attached hydrogens (primary N) is 1. The van der Waals surface area contributed by atoms with E-state index in [0.717, 1.165) is 54.7 Å². The number of nitrogens with one attached hydrogen (secondary N) is 2. The van der Waals surface area contributed by atoms with Crippen LogP contribution in [0.5, 0.6) is 5.75 Å². The normalized spacial score (nSPS) is 19.3. The number of β-lactam (4-membered cyclic amide) rings is 1. The molecule has 3 aromatic rings. The predicted octanol–water partition coefficient (Wildman–Crippen LogP) is -0.746. The number of ether oxygens (including phenoxy) is 1. The maximum absolute atomic E-state index is 13.2. The quantitative estimate of drug-likeness (QED) is 0.0431. The molecule has 0 saturated carbocycles. The standard InChI is InChI=1S/C27H34N8O10S2/c1-27(2)22(24(37)35(27)45-47(40,41)42)31-23(36)21(18-14-46-26(28)30-18)32-44-20(25(38)39)13-43-17-4-5-19-16(10-17)12-34(33(19)3)11-15-6-8-29-9-7-15/h4-5,10,12,14-15,20,22,29H,6-9,11,13H2,1-3H3,(H4-,28,30,31,36,38,39,40,41,42)/b32-21-/t20?,22-/m1/s1. The van der Waals surface area contributed by atoms with E-state index in [-0.39, 0.29) is 10.8 Å². The van der Waals surface area contributed by atoms with Gasteiger partial charge < -0.3 is 35.6 Å². The molecule has 2 aliphatic rings. The summed E-state index contributed by atoms with van der Waals surface area (Å²) < 4.78 is 47.1. The SMILES string of the molecule is Cn1c2ccc(OCC(O/N=C(\C(=O)N[C@@H]3C(=O)N(OS(=O)(=O)[O-])C3(C)C)c3csc(N)n3)C(=O)O)cc2c[n+]1CC1CCNCC1. The topological polar surface area (TPSA) is 244 Å². The molecule has 0 bridgehead atoms. The smallest absolute Gasteiger partial charge is 0.351 e. The van der Waals surface area contributed by atoms with Crippen LogP contribution < -0.4 is 25.8 Å². The number of carbonyl (C=O) groups excluding carboxylic acids is 2. The number of nitrogens with zero attached hydrogens (tertiary/aromatic N) is 5. The van der Waals surface area contributed by atoms with Crippen LogP contribution in [0.2, 0.25) is 0 Å². The van der Waals surface area contributed by atoms with Crippen LogP contribution in [0.25, 0.3) is 10.9 Å². The van der Waals surface area contributed by atoms with Crippen molar-refractivity contribution < 1.29 is 51.0 Å². The Morgan fingerprint density at radius 2 is 2.06 bits per heavy atom. The average molecular weight is 695 g/mol. The number of oxime groups is 1. The van der Waals surface area contributed by atoms with Gasteiger partial charge >= 0.3 is 5.97 Å². The number of amides is 2. The van der Waals surface area contributed by atoms with Crippen molar-refractivity contribution in [1.82, 2.24) is 25.4 Å². The van der Waals surface area contributed by atoms with Crippen molar-refractivity contribution in [1.29, 1.82) is 0 Å². The Labute approximate surface area is 272 Å². The molecule has 18 nitrogen and oxygen atoms in total. The lowest BCUT2D eigenvalue weighted by Crippen LogP contribution is -2.76. The molecule has 0 spiro atoms. The fraction of sp³-hybridized carbons (Fsp3) is 0.481. The molecule has 4 heterocycles. The second-order valence-electron chi connectivity index (χ2n) is 11.6. The number of benzene rings is 1. The van der Waals surface area contributed by atoms with Gasteiger partial charge in [-0.3, -0.25) is 9.59 Å².